The predicted molar refractivity (Wildman–Crippen MR) is 54.3 cm³/mol. The Morgan fingerprint density at radius 2 is 2.12 bits per heavy atom. The van der Waals surface area contributed by atoms with E-state index in [1.165, 1.54) is 0 Å². The van der Waals surface area contributed by atoms with Gasteiger partial charge in [0, 0.05) is 12.7 Å². The molecule has 3 nitrogen and oxygen atoms in total. The fourth-order valence-electron chi connectivity index (χ4n) is 1.01. The second kappa shape index (κ2) is 5.69. The van der Waals surface area contributed by atoms with Crippen LogP contribution in [0.5, 0.6) is 0 Å². The Balaban J connectivity index is 2.14. The highest BCUT2D eigenvalue weighted by molar-refractivity contribution is 5.34. The quantitative estimate of drug-likeness (QED) is 0.794. The molecule has 1 aromatic heterocycles. The van der Waals surface area contributed by atoms with Crippen molar-refractivity contribution >= 4 is 5.82 Å². The van der Waals surface area contributed by atoms with Gasteiger partial charge in [-0.25, -0.2) is 4.98 Å². The zero-order chi connectivity index (χ0) is 12.0. The molecule has 0 fully saturated rings. The van der Waals surface area contributed by atoms with Gasteiger partial charge in [0.15, 0.2) is 0 Å². The van der Waals surface area contributed by atoms with Crippen LogP contribution >= 0.6 is 0 Å². The predicted octanol–water partition coefficient (Wildman–Crippen LogP) is 2.38. The Labute approximate surface area is 91.6 Å². The maximum absolute atomic E-state index is 11.7. The number of aromatic nitrogens is 1. The van der Waals surface area contributed by atoms with E-state index in [2.05, 4.69) is 15.0 Å². The number of nitrogens with one attached hydrogen (secondary N) is 1. The van der Waals surface area contributed by atoms with Gasteiger partial charge < -0.3 is 10.1 Å². The van der Waals surface area contributed by atoms with Crippen molar-refractivity contribution in [3.05, 3.63) is 23.9 Å². The molecule has 0 aliphatic carbocycles. The fraction of sp³-hybridized carbons (Fsp3) is 0.500. The van der Waals surface area contributed by atoms with E-state index < -0.39 is 12.8 Å². The maximum atomic E-state index is 11.7. The summed E-state index contributed by atoms with van der Waals surface area (Å²) in [6, 6.07) is 3.63. The summed E-state index contributed by atoms with van der Waals surface area (Å²) in [6.07, 6.45) is -2.58. The first kappa shape index (κ1) is 12.8. The van der Waals surface area contributed by atoms with Gasteiger partial charge >= 0.3 is 6.18 Å². The highest BCUT2D eigenvalue weighted by Gasteiger charge is 2.27. The molecule has 0 radical (unpaired) electrons. The van der Waals surface area contributed by atoms with E-state index in [0.29, 0.717) is 12.4 Å². The fourth-order valence-corrected chi connectivity index (χ4v) is 1.01. The van der Waals surface area contributed by atoms with Crippen LogP contribution in [0.3, 0.4) is 0 Å². The summed E-state index contributed by atoms with van der Waals surface area (Å²) in [5, 5.41) is 2.85. The van der Waals surface area contributed by atoms with Crippen LogP contribution in [0.1, 0.15) is 5.56 Å². The molecule has 0 bridgehead atoms. The highest BCUT2D eigenvalue weighted by atomic mass is 19.4. The summed E-state index contributed by atoms with van der Waals surface area (Å²) in [5.41, 5.74) is 1.03. The van der Waals surface area contributed by atoms with Crippen molar-refractivity contribution in [2.24, 2.45) is 0 Å². The SMILES string of the molecule is Cc1ccc(NCCOCC(F)(F)F)nc1. The molecule has 1 N–H and O–H groups in total. The van der Waals surface area contributed by atoms with Crippen LogP contribution in [-0.2, 0) is 4.74 Å². The summed E-state index contributed by atoms with van der Waals surface area (Å²) in [7, 11) is 0. The Morgan fingerprint density at radius 3 is 2.69 bits per heavy atom. The first-order valence-electron chi connectivity index (χ1n) is 4.78. The molecule has 0 aromatic carbocycles. The molecule has 1 aromatic rings. The molecule has 16 heavy (non-hydrogen) atoms. The molecule has 0 saturated carbocycles. The molecule has 0 atom stereocenters. The second-order valence-electron chi connectivity index (χ2n) is 3.32. The van der Waals surface area contributed by atoms with Crippen LogP contribution in [0, 0.1) is 6.92 Å². The standard InChI is InChI=1S/C10H13F3N2O/c1-8-2-3-9(15-6-8)14-4-5-16-7-10(11,12)13/h2-3,6H,4-5,7H2,1H3,(H,14,15). The van der Waals surface area contributed by atoms with Crippen molar-refractivity contribution in [1.29, 1.82) is 0 Å². The van der Waals surface area contributed by atoms with Gasteiger partial charge in [-0.3, -0.25) is 0 Å². The number of alkyl halides is 3. The van der Waals surface area contributed by atoms with E-state index in [-0.39, 0.29) is 6.61 Å². The molecule has 0 aliphatic heterocycles. The van der Waals surface area contributed by atoms with Gasteiger partial charge in [0.2, 0.25) is 0 Å². The van der Waals surface area contributed by atoms with Gasteiger partial charge in [-0.15, -0.1) is 0 Å². The molecule has 0 amide bonds. The summed E-state index contributed by atoms with van der Waals surface area (Å²) < 4.78 is 39.5. The molecule has 0 saturated heterocycles. The van der Waals surface area contributed by atoms with Crippen LogP contribution in [-0.4, -0.2) is 30.9 Å². The molecule has 0 spiro atoms. The highest BCUT2D eigenvalue weighted by Crippen LogP contribution is 2.14. The molecule has 90 valence electrons. The van der Waals surface area contributed by atoms with E-state index in [1.54, 1.807) is 12.3 Å². The molecule has 1 heterocycles. The van der Waals surface area contributed by atoms with E-state index >= 15 is 0 Å². The monoisotopic (exact) mass is 234 g/mol. The molecule has 0 aliphatic rings. The lowest BCUT2D eigenvalue weighted by molar-refractivity contribution is -0.172. The van der Waals surface area contributed by atoms with Crippen LogP contribution < -0.4 is 5.32 Å². The third-order valence-corrected chi connectivity index (χ3v) is 1.73. The zero-order valence-electron chi connectivity index (χ0n) is 8.84. The van der Waals surface area contributed by atoms with E-state index in [1.807, 2.05) is 13.0 Å². The largest absolute Gasteiger partial charge is 0.411 e. The zero-order valence-corrected chi connectivity index (χ0v) is 8.84. The number of pyridine rings is 1. The smallest absolute Gasteiger partial charge is 0.370 e. The molecular formula is C10H13F3N2O. The average molecular weight is 234 g/mol. The normalized spacial score (nSPS) is 11.5. The van der Waals surface area contributed by atoms with Gasteiger partial charge in [-0.05, 0) is 18.6 Å². The number of ether oxygens (including phenoxy) is 1. The van der Waals surface area contributed by atoms with Crippen LogP contribution in [0.2, 0.25) is 0 Å². The Hall–Kier alpha value is -1.30. The average Bonchev–Trinajstić information content (AvgIpc) is 2.19. The van der Waals surface area contributed by atoms with Crippen molar-refractivity contribution in [3.63, 3.8) is 0 Å². The number of rotatable bonds is 5. The van der Waals surface area contributed by atoms with Crippen LogP contribution in [0.25, 0.3) is 0 Å². The van der Waals surface area contributed by atoms with Crippen molar-refractivity contribution in [2.75, 3.05) is 25.1 Å². The van der Waals surface area contributed by atoms with Crippen molar-refractivity contribution < 1.29 is 17.9 Å². The number of hydrogen-bond acceptors (Lipinski definition) is 3. The molecular weight excluding hydrogens is 221 g/mol. The van der Waals surface area contributed by atoms with Gasteiger partial charge in [0.1, 0.15) is 12.4 Å². The number of nitrogens with zero attached hydrogens (tertiary/aromatic N) is 1. The van der Waals surface area contributed by atoms with E-state index in [9.17, 15) is 13.2 Å². The lowest BCUT2D eigenvalue weighted by atomic mass is 10.3. The summed E-state index contributed by atoms with van der Waals surface area (Å²) in [6.45, 7) is 0.987. The van der Waals surface area contributed by atoms with Crippen molar-refractivity contribution in [3.8, 4) is 0 Å². The van der Waals surface area contributed by atoms with Crippen molar-refractivity contribution in [2.45, 2.75) is 13.1 Å². The first-order chi connectivity index (χ1) is 7.47. The van der Waals surface area contributed by atoms with Gasteiger partial charge in [-0.2, -0.15) is 13.2 Å². The molecule has 1 rings (SSSR count). The number of anilines is 1. The number of hydrogen-bond donors (Lipinski definition) is 1. The minimum absolute atomic E-state index is 0.00489. The summed E-state index contributed by atoms with van der Waals surface area (Å²) in [4.78, 5) is 4.04. The van der Waals surface area contributed by atoms with E-state index in [4.69, 9.17) is 0 Å². The first-order valence-corrected chi connectivity index (χ1v) is 4.78. The van der Waals surface area contributed by atoms with Gasteiger partial charge in [0.05, 0.1) is 6.61 Å². The third-order valence-electron chi connectivity index (χ3n) is 1.73. The van der Waals surface area contributed by atoms with E-state index in [0.717, 1.165) is 5.56 Å². The molecule has 0 unspecified atom stereocenters. The minimum atomic E-state index is -4.26. The van der Waals surface area contributed by atoms with Crippen LogP contribution in [0.15, 0.2) is 18.3 Å². The second-order valence-corrected chi connectivity index (χ2v) is 3.32. The molecule has 6 heteroatoms. The van der Waals surface area contributed by atoms with Crippen molar-refractivity contribution in [1.82, 2.24) is 4.98 Å². The summed E-state index contributed by atoms with van der Waals surface area (Å²) in [5.74, 6) is 0.626. The minimum Gasteiger partial charge on any atom is -0.370 e. The maximum Gasteiger partial charge on any atom is 0.411 e. The Bertz CT molecular complexity index is 311. The number of aryl methyl sites for hydroxylation is 1. The Morgan fingerprint density at radius 1 is 1.38 bits per heavy atom. The van der Waals surface area contributed by atoms with Gasteiger partial charge in [0.25, 0.3) is 0 Å². The lowest BCUT2D eigenvalue weighted by Crippen LogP contribution is -2.20. The topological polar surface area (TPSA) is 34.1 Å². The number of halogens is 3. The third kappa shape index (κ3) is 5.55. The lowest BCUT2D eigenvalue weighted by Gasteiger charge is -2.08. The summed E-state index contributed by atoms with van der Waals surface area (Å²) >= 11 is 0. The van der Waals surface area contributed by atoms with Gasteiger partial charge in [-0.1, -0.05) is 6.07 Å². The Kier molecular flexibility index (Phi) is 4.54. The van der Waals surface area contributed by atoms with Crippen LogP contribution in [0.4, 0.5) is 19.0 Å².